The fourth-order valence-electron chi connectivity index (χ4n) is 3.65. The standard InChI is InChI=1S/C26H23F3N2O.2BF4/c1-19(2)22-7-3-4-8-23(22)30-15-11-20(12-16-30)21-13-17-31(18-14-21)24-9-5-6-10-25(24)32-26(27,28)29;2*2-1(3,4)5/h3-19H,1-2H3;;/q+2;2*-1. The molecule has 0 unspecified atom stereocenters. The van der Waals surface area contributed by atoms with E-state index in [0.29, 0.717) is 11.6 Å². The Labute approximate surface area is 234 Å². The molecule has 0 aliphatic rings. The highest BCUT2D eigenvalue weighted by atomic mass is 19.5. The molecule has 2 aromatic heterocycles. The van der Waals surface area contributed by atoms with Crippen molar-refractivity contribution >= 4 is 14.5 Å². The Hall–Kier alpha value is -4.10. The summed E-state index contributed by atoms with van der Waals surface area (Å²) in [6, 6.07) is 22.2. The summed E-state index contributed by atoms with van der Waals surface area (Å²) in [6.07, 6.45) is 2.74. The number of rotatable bonds is 5. The molecule has 16 heteroatoms. The normalized spacial score (nSPS) is 11.7. The molecule has 226 valence electrons. The molecule has 0 amide bonds. The number of hydrogen-bond acceptors (Lipinski definition) is 1. The molecule has 0 radical (unpaired) electrons. The van der Waals surface area contributed by atoms with Crippen LogP contribution in [0.15, 0.2) is 97.6 Å². The fraction of sp³-hybridized carbons (Fsp3) is 0.154. The summed E-state index contributed by atoms with van der Waals surface area (Å²) >= 11 is 0. The minimum atomic E-state index is -6.00. The van der Waals surface area contributed by atoms with Crippen molar-refractivity contribution in [3.63, 3.8) is 0 Å². The Morgan fingerprint density at radius 3 is 1.33 bits per heavy atom. The maximum absolute atomic E-state index is 12.7. The van der Waals surface area contributed by atoms with Crippen molar-refractivity contribution in [1.82, 2.24) is 0 Å². The highest BCUT2D eigenvalue weighted by Crippen LogP contribution is 2.27. The first-order valence-electron chi connectivity index (χ1n) is 12.0. The van der Waals surface area contributed by atoms with Crippen LogP contribution in [0.2, 0.25) is 0 Å². The van der Waals surface area contributed by atoms with Gasteiger partial charge in [0.15, 0.2) is 24.8 Å². The summed E-state index contributed by atoms with van der Waals surface area (Å²) in [5.41, 5.74) is 4.69. The van der Waals surface area contributed by atoms with E-state index in [9.17, 15) is 47.7 Å². The van der Waals surface area contributed by atoms with Crippen LogP contribution in [-0.2, 0) is 0 Å². The van der Waals surface area contributed by atoms with Gasteiger partial charge in [-0.15, -0.1) is 13.2 Å². The van der Waals surface area contributed by atoms with Gasteiger partial charge in [0.25, 0.3) is 5.69 Å². The lowest BCUT2D eigenvalue weighted by atomic mass is 10.0. The molecule has 0 N–H and O–H groups in total. The van der Waals surface area contributed by atoms with Crippen molar-refractivity contribution in [1.29, 1.82) is 0 Å². The van der Waals surface area contributed by atoms with Crippen LogP contribution in [-0.4, -0.2) is 20.9 Å². The zero-order chi connectivity index (χ0) is 31.7. The van der Waals surface area contributed by atoms with Crippen molar-refractivity contribution in [3.05, 3.63) is 103 Å². The molecule has 0 saturated heterocycles. The summed E-state index contributed by atoms with van der Waals surface area (Å²) in [7, 11) is -12.0. The monoisotopic (exact) mass is 610 g/mol. The third kappa shape index (κ3) is 12.6. The first-order valence-corrected chi connectivity index (χ1v) is 12.0. The van der Waals surface area contributed by atoms with Gasteiger partial charge in [-0.25, -0.2) is 0 Å². The minimum absolute atomic E-state index is 0.248. The molecule has 42 heavy (non-hydrogen) atoms. The number of alkyl halides is 3. The molecule has 0 bridgehead atoms. The predicted octanol–water partition coefficient (Wildman–Crippen LogP) is 8.53. The van der Waals surface area contributed by atoms with Gasteiger partial charge >= 0.3 is 20.9 Å². The van der Waals surface area contributed by atoms with E-state index in [2.05, 4.69) is 35.3 Å². The smallest absolute Gasteiger partial charge is 0.418 e. The highest BCUT2D eigenvalue weighted by Gasteiger charge is 2.33. The molecule has 0 aliphatic carbocycles. The Bertz CT molecular complexity index is 1380. The van der Waals surface area contributed by atoms with Crippen LogP contribution < -0.4 is 13.9 Å². The number of hydrogen-bond donors (Lipinski definition) is 0. The van der Waals surface area contributed by atoms with Gasteiger partial charge in [0.2, 0.25) is 11.4 Å². The Morgan fingerprint density at radius 2 is 0.929 bits per heavy atom. The van der Waals surface area contributed by atoms with Crippen LogP contribution in [0.3, 0.4) is 0 Å². The maximum Gasteiger partial charge on any atom is 0.673 e. The van der Waals surface area contributed by atoms with Gasteiger partial charge < -0.3 is 39.3 Å². The second kappa shape index (κ2) is 14.2. The predicted molar refractivity (Wildman–Crippen MR) is 136 cm³/mol. The summed E-state index contributed by atoms with van der Waals surface area (Å²) in [6.45, 7) is 4.34. The number of halogens is 11. The number of para-hydroxylation sites is 3. The molecule has 0 saturated carbocycles. The molecular weight excluding hydrogens is 587 g/mol. The second-order valence-electron chi connectivity index (χ2n) is 8.71. The van der Waals surface area contributed by atoms with Gasteiger partial charge in [-0.05, 0) is 23.1 Å². The van der Waals surface area contributed by atoms with Crippen molar-refractivity contribution in [2.45, 2.75) is 26.1 Å². The number of nitrogens with zero attached hydrogens (tertiary/aromatic N) is 2. The topological polar surface area (TPSA) is 17.0 Å². The SMILES string of the molecule is CC(C)c1ccccc1-[n+]1ccc(-c2cc[n+](-c3ccccc3OC(F)(F)F)cc2)cc1.F[B-](F)(F)F.F[B-](F)(F)F. The molecule has 2 heterocycles. The van der Waals surface area contributed by atoms with Crippen LogP contribution in [0.25, 0.3) is 22.5 Å². The molecule has 0 fully saturated rings. The minimum Gasteiger partial charge on any atom is -0.418 e. The van der Waals surface area contributed by atoms with E-state index in [4.69, 9.17) is 0 Å². The first kappa shape index (κ1) is 34.1. The second-order valence-corrected chi connectivity index (χ2v) is 8.71. The van der Waals surface area contributed by atoms with Crippen molar-refractivity contribution in [2.24, 2.45) is 0 Å². The maximum atomic E-state index is 12.7. The average Bonchev–Trinajstić information content (AvgIpc) is 2.86. The van der Waals surface area contributed by atoms with Crippen LogP contribution in [0.4, 0.5) is 47.7 Å². The summed E-state index contributed by atoms with van der Waals surface area (Å²) in [4.78, 5) is 0. The lowest BCUT2D eigenvalue weighted by Crippen LogP contribution is -2.31. The molecule has 4 aromatic rings. The van der Waals surface area contributed by atoms with Gasteiger partial charge in [-0.3, -0.25) is 0 Å². The van der Waals surface area contributed by atoms with E-state index in [0.717, 1.165) is 16.8 Å². The highest BCUT2D eigenvalue weighted by molar-refractivity contribution is 6.50. The zero-order valence-electron chi connectivity index (χ0n) is 21.9. The van der Waals surface area contributed by atoms with Gasteiger partial charge in [0.05, 0.1) is 0 Å². The van der Waals surface area contributed by atoms with Crippen LogP contribution in [0.1, 0.15) is 25.3 Å². The van der Waals surface area contributed by atoms with Crippen molar-refractivity contribution < 1.29 is 61.6 Å². The number of benzene rings is 2. The van der Waals surface area contributed by atoms with E-state index >= 15 is 0 Å². The van der Waals surface area contributed by atoms with Crippen LogP contribution >= 0.6 is 0 Å². The molecule has 4 rings (SSSR count). The number of ether oxygens (including phenoxy) is 1. The van der Waals surface area contributed by atoms with Crippen LogP contribution in [0.5, 0.6) is 5.75 Å². The van der Waals surface area contributed by atoms with E-state index in [1.165, 1.54) is 17.7 Å². The fourth-order valence-corrected chi connectivity index (χ4v) is 3.65. The van der Waals surface area contributed by atoms with Crippen molar-refractivity contribution in [2.75, 3.05) is 0 Å². The molecule has 0 aliphatic heterocycles. The van der Waals surface area contributed by atoms with Gasteiger partial charge in [0.1, 0.15) is 0 Å². The van der Waals surface area contributed by atoms with E-state index in [-0.39, 0.29) is 5.75 Å². The van der Waals surface area contributed by atoms with E-state index in [1.807, 2.05) is 48.8 Å². The van der Waals surface area contributed by atoms with Gasteiger partial charge in [-0.2, -0.15) is 9.13 Å². The van der Waals surface area contributed by atoms with Gasteiger partial charge in [-0.1, -0.05) is 44.2 Å². The zero-order valence-corrected chi connectivity index (χ0v) is 21.9. The van der Waals surface area contributed by atoms with Crippen molar-refractivity contribution in [3.8, 4) is 28.3 Å². The first-order chi connectivity index (χ1) is 19.3. The molecule has 2 aromatic carbocycles. The lowest BCUT2D eigenvalue weighted by Gasteiger charge is -2.10. The molecule has 0 spiro atoms. The Morgan fingerprint density at radius 1 is 0.571 bits per heavy atom. The number of pyridine rings is 2. The lowest BCUT2D eigenvalue weighted by molar-refractivity contribution is -0.597. The largest absolute Gasteiger partial charge is 0.673 e. The number of aromatic nitrogens is 2. The molecule has 0 atom stereocenters. The van der Waals surface area contributed by atoms with E-state index < -0.39 is 20.9 Å². The average molecular weight is 610 g/mol. The Kier molecular flexibility index (Phi) is 11.5. The summed E-state index contributed by atoms with van der Waals surface area (Å²) in [5, 5.41) is 0. The third-order valence-electron chi connectivity index (χ3n) is 5.20. The van der Waals surface area contributed by atoms with Crippen LogP contribution in [0, 0.1) is 0 Å². The summed E-state index contributed by atoms with van der Waals surface area (Å²) < 4.78 is 124. The Balaban J connectivity index is 0.000000533. The quantitative estimate of drug-likeness (QED) is 0.126. The van der Waals surface area contributed by atoms with Gasteiger partial charge in [0, 0.05) is 42.0 Å². The summed E-state index contributed by atoms with van der Waals surface area (Å²) in [5.74, 6) is 0.162. The van der Waals surface area contributed by atoms with E-state index in [1.54, 1.807) is 29.1 Å². The third-order valence-corrected chi connectivity index (χ3v) is 5.20. The molecule has 3 nitrogen and oxygen atoms in total. The molecular formula is C26H23B2F11N2O.